The van der Waals surface area contributed by atoms with Gasteiger partial charge in [-0.3, -0.25) is 15.0 Å². The molecule has 2 amide bonds. The molecule has 9 heteroatoms. The molecule has 2 N–H and O–H groups in total. The molecule has 0 unspecified atom stereocenters. The molecular weight excluding hydrogens is 486 g/mol. The van der Waals surface area contributed by atoms with Crippen LogP contribution >= 0.6 is 39.0 Å². The van der Waals surface area contributed by atoms with E-state index in [0.29, 0.717) is 23.3 Å². The Labute approximate surface area is 193 Å². The van der Waals surface area contributed by atoms with Gasteiger partial charge < -0.3 is 5.11 Å². The van der Waals surface area contributed by atoms with Crippen LogP contribution in [0.15, 0.2) is 39.1 Å². The number of thiazole rings is 1. The number of carboxylic acids is 1. The molecule has 1 saturated carbocycles. The number of carbonyl (C=O) groups is 2. The van der Waals surface area contributed by atoms with E-state index in [2.05, 4.69) is 26.2 Å². The minimum absolute atomic E-state index is 0.194. The molecule has 0 atom stereocenters. The molecule has 0 spiro atoms. The molecule has 0 radical (unpaired) electrons. The Balaban J connectivity index is 1.67. The number of benzene rings is 1. The van der Waals surface area contributed by atoms with Gasteiger partial charge in [-0.15, -0.1) is 11.8 Å². The fraction of sp³-hybridized carbons (Fsp3) is 0.476. The van der Waals surface area contributed by atoms with Crippen LogP contribution < -0.4 is 10.2 Å². The summed E-state index contributed by atoms with van der Waals surface area (Å²) in [6, 6.07) is 7.56. The van der Waals surface area contributed by atoms with Crippen LogP contribution in [0.2, 0.25) is 0 Å². The van der Waals surface area contributed by atoms with Gasteiger partial charge in [-0.25, -0.2) is 9.78 Å². The Morgan fingerprint density at radius 3 is 2.60 bits per heavy atom. The van der Waals surface area contributed by atoms with Crippen molar-refractivity contribution in [1.29, 1.82) is 0 Å². The number of carbonyl (C=O) groups excluding carboxylic acids is 1. The number of halogens is 1. The Morgan fingerprint density at radius 2 is 1.97 bits per heavy atom. The molecule has 1 aromatic carbocycles. The van der Waals surface area contributed by atoms with Gasteiger partial charge in [-0.2, -0.15) is 0 Å². The first-order chi connectivity index (χ1) is 14.2. The number of aliphatic carboxylic acids is 1. The molecular formula is C21H26BrN3O3S2. The first kappa shape index (κ1) is 23.1. The van der Waals surface area contributed by atoms with E-state index >= 15 is 0 Å². The number of anilines is 2. The molecule has 2 aromatic rings. The third-order valence-corrected chi connectivity index (χ3v) is 8.25. The van der Waals surface area contributed by atoms with Crippen LogP contribution in [0, 0.1) is 11.3 Å². The van der Waals surface area contributed by atoms with E-state index in [4.69, 9.17) is 0 Å². The standard InChI is InChI=1S/C21H26BrN3O3S2/c1-21(2,18(26)27)13-29-17-11-23-19(30-17)24-20(28)25(12-14-5-3-4-6-14)16-9-7-15(22)8-10-16/h7-11,14H,3-6,12-13H2,1-2H3,(H,26,27)(H,23,24,28). The highest BCUT2D eigenvalue weighted by Crippen LogP contribution is 2.34. The van der Waals surface area contributed by atoms with Crippen LogP contribution in [0.5, 0.6) is 0 Å². The number of carboxylic acid groups (broad SMARTS) is 1. The first-order valence-electron chi connectivity index (χ1n) is 9.91. The summed E-state index contributed by atoms with van der Waals surface area (Å²) < 4.78 is 1.85. The van der Waals surface area contributed by atoms with Crippen LogP contribution in [-0.2, 0) is 4.79 Å². The molecule has 1 fully saturated rings. The second-order valence-corrected chi connectivity index (χ2v) is 11.4. The van der Waals surface area contributed by atoms with Gasteiger partial charge in [-0.05, 0) is 56.9 Å². The third-order valence-electron chi connectivity index (χ3n) is 5.15. The second-order valence-electron chi connectivity index (χ2n) is 8.13. The summed E-state index contributed by atoms with van der Waals surface area (Å²) in [4.78, 5) is 30.5. The van der Waals surface area contributed by atoms with Crippen molar-refractivity contribution in [2.45, 2.75) is 43.7 Å². The summed E-state index contributed by atoms with van der Waals surface area (Å²) in [5.41, 5.74) is 0.0366. The van der Waals surface area contributed by atoms with Crippen LogP contribution in [0.1, 0.15) is 39.5 Å². The SMILES string of the molecule is CC(C)(CSc1cnc(NC(=O)N(CC2CCCC2)c2ccc(Br)cc2)s1)C(=O)O. The number of hydrogen-bond acceptors (Lipinski definition) is 5. The molecule has 6 nitrogen and oxygen atoms in total. The maximum atomic E-state index is 13.1. The van der Waals surface area contributed by atoms with Crippen molar-refractivity contribution in [3.05, 3.63) is 34.9 Å². The maximum absolute atomic E-state index is 13.1. The lowest BCUT2D eigenvalue weighted by molar-refractivity contribution is -0.145. The highest BCUT2D eigenvalue weighted by Gasteiger charge is 2.28. The van der Waals surface area contributed by atoms with Gasteiger partial charge >= 0.3 is 12.0 Å². The van der Waals surface area contributed by atoms with Crippen molar-refractivity contribution in [2.24, 2.45) is 11.3 Å². The molecule has 0 saturated heterocycles. The molecule has 162 valence electrons. The molecule has 0 aliphatic heterocycles. The van der Waals surface area contributed by atoms with Gasteiger partial charge in [-0.1, -0.05) is 40.1 Å². The summed E-state index contributed by atoms with van der Waals surface area (Å²) in [5, 5.41) is 12.7. The van der Waals surface area contributed by atoms with Gasteiger partial charge in [0.2, 0.25) is 0 Å². The molecule has 30 heavy (non-hydrogen) atoms. The lowest BCUT2D eigenvalue weighted by atomic mass is 9.97. The lowest BCUT2D eigenvalue weighted by Crippen LogP contribution is -2.38. The average molecular weight is 512 g/mol. The quantitative estimate of drug-likeness (QED) is 0.404. The van der Waals surface area contributed by atoms with Crippen molar-refractivity contribution in [2.75, 3.05) is 22.5 Å². The number of rotatable bonds is 8. The number of thioether (sulfide) groups is 1. The highest BCUT2D eigenvalue weighted by atomic mass is 79.9. The molecule has 3 rings (SSSR count). The summed E-state index contributed by atoms with van der Waals surface area (Å²) in [7, 11) is 0. The summed E-state index contributed by atoms with van der Waals surface area (Å²) in [6.45, 7) is 4.09. The van der Waals surface area contributed by atoms with Crippen LogP contribution in [0.3, 0.4) is 0 Å². The number of nitrogens with one attached hydrogen (secondary N) is 1. The van der Waals surface area contributed by atoms with E-state index in [1.807, 2.05) is 24.3 Å². The van der Waals surface area contributed by atoms with Crippen LogP contribution in [-0.4, -0.2) is 34.4 Å². The number of amides is 2. The predicted octanol–water partition coefficient (Wildman–Crippen LogP) is 6.34. The van der Waals surface area contributed by atoms with Crippen molar-refractivity contribution < 1.29 is 14.7 Å². The fourth-order valence-electron chi connectivity index (χ4n) is 3.23. The Bertz CT molecular complexity index is 880. The molecule has 1 aliphatic rings. The Kier molecular flexibility index (Phi) is 7.81. The highest BCUT2D eigenvalue weighted by molar-refractivity contribution is 9.10. The van der Waals surface area contributed by atoms with E-state index in [1.54, 1.807) is 24.9 Å². The molecule has 1 aliphatic carbocycles. The van der Waals surface area contributed by atoms with Crippen molar-refractivity contribution in [3.8, 4) is 0 Å². The summed E-state index contributed by atoms with van der Waals surface area (Å²) >= 11 is 6.25. The fourth-order valence-corrected chi connectivity index (χ4v) is 5.44. The van der Waals surface area contributed by atoms with Crippen molar-refractivity contribution in [3.63, 3.8) is 0 Å². The van der Waals surface area contributed by atoms with Gasteiger partial charge in [0.15, 0.2) is 5.13 Å². The number of urea groups is 1. The van der Waals surface area contributed by atoms with Gasteiger partial charge in [0.05, 0.1) is 15.8 Å². The maximum Gasteiger partial charge on any atom is 0.328 e. The Hall–Kier alpha value is -1.58. The third kappa shape index (κ3) is 6.21. The van der Waals surface area contributed by atoms with Crippen LogP contribution in [0.25, 0.3) is 0 Å². The molecule has 0 bridgehead atoms. The monoisotopic (exact) mass is 511 g/mol. The lowest BCUT2D eigenvalue weighted by Gasteiger charge is -2.25. The van der Waals surface area contributed by atoms with E-state index in [-0.39, 0.29) is 6.03 Å². The zero-order chi connectivity index (χ0) is 21.7. The van der Waals surface area contributed by atoms with E-state index in [1.165, 1.54) is 35.9 Å². The minimum atomic E-state index is -0.829. The first-order valence-corrected chi connectivity index (χ1v) is 12.5. The van der Waals surface area contributed by atoms with Crippen molar-refractivity contribution in [1.82, 2.24) is 4.98 Å². The molecule has 1 heterocycles. The largest absolute Gasteiger partial charge is 0.481 e. The smallest absolute Gasteiger partial charge is 0.328 e. The number of hydrogen-bond donors (Lipinski definition) is 2. The zero-order valence-electron chi connectivity index (χ0n) is 17.1. The topological polar surface area (TPSA) is 82.5 Å². The average Bonchev–Trinajstić information content (AvgIpc) is 3.37. The Morgan fingerprint density at radius 1 is 1.30 bits per heavy atom. The van der Waals surface area contributed by atoms with Crippen molar-refractivity contribution >= 4 is 61.8 Å². The van der Waals surface area contributed by atoms with Gasteiger partial charge in [0.25, 0.3) is 0 Å². The predicted molar refractivity (Wildman–Crippen MR) is 127 cm³/mol. The van der Waals surface area contributed by atoms with E-state index in [9.17, 15) is 14.7 Å². The van der Waals surface area contributed by atoms with E-state index in [0.717, 1.165) is 27.2 Å². The summed E-state index contributed by atoms with van der Waals surface area (Å²) in [5.74, 6) is 0.120. The van der Waals surface area contributed by atoms with Crippen LogP contribution in [0.4, 0.5) is 15.6 Å². The zero-order valence-corrected chi connectivity index (χ0v) is 20.3. The molecule has 1 aromatic heterocycles. The normalized spacial score (nSPS) is 14.6. The second kappa shape index (κ2) is 10.2. The summed E-state index contributed by atoms with van der Waals surface area (Å²) in [6.07, 6.45) is 6.43. The van der Waals surface area contributed by atoms with E-state index < -0.39 is 11.4 Å². The minimum Gasteiger partial charge on any atom is -0.481 e. The van der Waals surface area contributed by atoms with Gasteiger partial charge in [0, 0.05) is 22.5 Å². The van der Waals surface area contributed by atoms with Gasteiger partial charge in [0.1, 0.15) is 0 Å². The number of aromatic nitrogens is 1. The number of nitrogens with zero attached hydrogens (tertiary/aromatic N) is 2.